The first-order chi connectivity index (χ1) is 59.4. The van der Waals surface area contributed by atoms with E-state index in [9.17, 15) is 33.5 Å². The first kappa shape index (κ1) is 94.3. The van der Waals surface area contributed by atoms with Gasteiger partial charge in [0.2, 0.25) is 0 Å². The highest BCUT2D eigenvalue weighted by molar-refractivity contribution is 6.38. The summed E-state index contributed by atoms with van der Waals surface area (Å²) in [7, 11) is 3.20. The topological polar surface area (TPSA) is 324 Å². The average molecular weight is 1830 g/mol. The number of nitrogens with two attached hydrogens (primary N) is 3. The zero-order valence-corrected chi connectivity index (χ0v) is 75.7. The number of amides is 5. The van der Waals surface area contributed by atoms with E-state index < -0.39 is 35.3 Å². The van der Waals surface area contributed by atoms with Crippen LogP contribution in [0.25, 0.3) is 33.4 Å². The Hall–Kier alpha value is -11.4. The molecule has 0 radical (unpaired) electrons. The number of aromatic nitrogens is 3. The van der Waals surface area contributed by atoms with Crippen LogP contribution in [0.4, 0.5) is 31.4 Å². The summed E-state index contributed by atoms with van der Waals surface area (Å²) in [5, 5.41) is 14.5. The molecule has 8 N–H and O–H groups in total. The Labute approximate surface area is 755 Å². The number of hydrogen-bond donors (Lipinski definition) is 5. The molecule has 3 unspecified atom stereocenters. The maximum absolute atomic E-state index is 14.0. The number of pyridine rings is 3. The van der Waals surface area contributed by atoms with Crippen LogP contribution in [-0.4, -0.2) is 178 Å². The van der Waals surface area contributed by atoms with Crippen LogP contribution in [0.1, 0.15) is 140 Å². The smallest absolute Gasteiger partial charge is 0.410 e. The number of phenolic OH excluding ortho intramolecular Hbond substituents is 1. The Morgan fingerprint density at radius 2 is 0.792 bits per heavy atom. The summed E-state index contributed by atoms with van der Waals surface area (Å²) in [5.74, 6) is 2.39. The van der Waals surface area contributed by atoms with Crippen LogP contribution in [0, 0.1) is 12.7 Å². The van der Waals surface area contributed by atoms with Gasteiger partial charge in [0.05, 0.1) is 29.3 Å². The lowest BCUT2D eigenvalue weighted by molar-refractivity contribution is 0.0136. The molecule has 6 heterocycles. The molecule has 0 saturated carbocycles. The van der Waals surface area contributed by atoms with Crippen LogP contribution < -0.4 is 50.9 Å². The van der Waals surface area contributed by atoms with Gasteiger partial charge in [0.1, 0.15) is 64.9 Å². The number of methoxy groups -OCH3 is 2. The molecule has 3 fully saturated rings. The minimum absolute atomic E-state index is 0.0243. The number of carbonyl (C=O) groups is 5. The largest absolute Gasteiger partial charge is 0.506 e. The van der Waals surface area contributed by atoms with Crippen LogP contribution >= 0.6 is 69.6 Å². The third-order valence-electron chi connectivity index (χ3n) is 20.5. The summed E-state index contributed by atoms with van der Waals surface area (Å²) in [6.07, 6.45) is 2.22. The van der Waals surface area contributed by atoms with E-state index in [1.807, 2.05) is 115 Å². The molecule has 3 aliphatic heterocycles. The number of nitrogen functional groups attached to an aromatic ring is 3. The van der Waals surface area contributed by atoms with E-state index in [0.717, 1.165) is 52.0 Å². The van der Waals surface area contributed by atoms with E-state index in [-0.39, 0.29) is 80.5 Å². The Morgan fingerprint density at radius 1 is 0.440 bits per heavy atom. The van der Waals surface area contributed by atoms with Gasteiger partial charge in [-0.05, 0) is 189 Å². The Balaban J connectivity index is 0.000000187. The van der Waals surface area contributed by atoms with Crippen molar-refractivity contribution in [2.75, 3.05) is 110 Å². The fraction of sp³-hybridized carbons (Fsp3) is 0.326. The van der Waals surface area contributed by atoms with Gasteiger partial charge in [-0.1, -0.05) is 106 Å². The quantitative estimate of drug-likeness (QED) is 0.0443. The summed E-state index contributed by atoms with van der Waals surface area (Å²) in [5.41, 5.74) is 26.7. The number of halogens is 7. The van der Waals surface area contributed by atoms with Gasteiger partial charge in [-0.25, -0.2) is 28.9 Å². The molecule has 3 saturated heterocycles. The molecule has 0 aliphatic carbocycles. The number of piperazine rings is 3. The number of aromatic hydroxyl groups is 1. The second kappa shape index (κ2) is 41.6. The number of ether oxygens (including phenoxy) is 8. The van der Waals surface area contributed by atoms with E-state index in [1.54, 1.807) is 133 Å². The third-order valence-corrected chi connectivity index (χ3v) is 22.7. The first-order valence-electron chi connectivity index (χ1n) is 40.1. The molecule has 3 atom stereocenters. The second-order valence-electron chi connectivity index (χ2n) is 31.6. The zero-order valence-electron chi connectivity index (χ0n) is 71.1. The molecular formula is C92H99Cl6FN12O14. The van der Waals surface area contributed by atoms with E-state index in [4.69, 9.17) is 125 Å². The molecule has 660 valence electrons. The van der Waals surface area contributed by atoms with Crippen LogP contribution in [0.2, 0.25) is 30.1 Å². The number of rotatable bonds is 20. The van der Waals surface area contributed by atoms with Crippen molar-refractivity contribution in [2.24, 2.45) is 0 Å². The lowest BCUT2D eigenvalue weighted by Crippen LogP contribution is -2.51. The molecule has 7 aromatic carbocycles. The standard InChI is InChI=1S/C39H44Cl2N4O7.C29H31Cl2FN4O4.C24H24Cl2N4O3/c1-23-18-28(48-6)20-32(49-7)29(23)22-50-31-13-12-30(40)34(35(31)41)24(2)51-33-19-27(21-43-36(33)42)25-8-10-26(11-9-25)37(46)44-14-16-45(17-15-44)38(47)52-39(3,4)5;1-17(24-21(30)9-10-22(32)25(24)31)39-23-15-20(16-34-26(23)33)18-5-7-19(8-6-18)27(37)35-11-13-36(14-12-35)28(38)40-29(2,3)4;1-14(21-18(25)6-7-19(31)22(21)26)33-20-12-17(13-29-23(20)27)15-2-4-16(5-3-15)24(32)30-10-8-28-9-11-30/h8-13,18-21,24H,14-17,22H2,1-7H3,(H2,42,43);5-10,15-17H,11-14H2,1-4H3,(H2,33,34);2-7,12-14,28,31H,8-11H2,1H3,(H2,27,29). The Morgan fingerprint density at radius 3 is 1.17 bits per heavy atom. The van der Waals surface area contributed by atoms with Gasteiger partial charge in [0.25, 0.3) is 17.7 Å². The average Bonchev–Trinajstić information content (AvgIpc) is 0.804. The number of nitrogens with zero attached hydrogens (tertiary/aromatic N) is 8. The maximum atomic E-state index is 14.0. The number of aryl methyl sites for hydroxylation is 1. The van der Waals surface area contributed by atoms with Gasteiger partial charge in [-0.2, -0.15) is 0 Å². The second-order valence-corrected chi connectivity index (χ2v) is 34.0. The van der Waals surface area contributed by atoms with Gasteiger partial charge >= 0.3 is 12.2 Å². The molecule has 0 bridgehead atoms. The van der Waals surface area contributed by atoms with Crippen LogP contribution in [0.15, 0.2) is 158 Å². The lowest BCUT2D eigenvalue weighted by atomic mass is 10.0. The fourth-order valence-electron chi connectivity index (χ4n) is 13.8. The summed E-state index contributed by atoms with van der Waals surface area (Å²) >= 11 is 38.4. The van der Waals surface area contributed by atoms with Crippen molar-refractivity contribution in [1.29, 1.82) is 0 Å². The van der Waals surface area contributed by atoms with Crippen molar-refractivity contribution in [3.05, 3.63) is 239 Å². The first-order valence-corrected chi connectivity index (χ1v) is 42.4. The van der Waals surface area contributed by atoms with Crippen molar-refractivity contribution in [3.8, 4) is 73.6 Å². The number of benzene rings is 7. The van der Waals surface area contributed by atoms with E-state index in [0.29, 0.717) is 148 Å². The summed E-state index contributed by atoms with van der Waals surface area (Å²) in [4.78, 5) is 85.2. The summed E-state index contributed by atoms with van der Waals surface area (Å²) < 4.78 is 60.3. The fourth-order valence-corrected chi connectivity index (χ4v) is 15.9. The SMILES string of the molecule is CC(Oc1cc(-c2ccc(C(=O)N3CCN(C(=O)OC(C)(C)C)CC3)cc2)cnc1N)c1c(Cl)ccc(F)c1Cl.CC(Oc1cc(-c2ccc(C(=O)N3CCNCC3)cc2)cnc1N)c1c(Cl)ccc(O)c1Cl.COc1cc(C)c(COc2ccc(Cl)c(C(C)Oc3cc(-c4ccc(C(=O)N5CCN(C(=O)OC(C)(C)C)CC5)cc4)cnc3N)c2Cl)c(OC)c1. The number of anilines is 3. The number of carbonyl (C=O) groups excluding carboxylic acids is 5. The van der Waals surface area contributed by atoms with E-state index >= 15 is 0 Å². The Kier molecular flexibility index (Phi) is 31.4. The minimum Gasteiger partial charge on any atom is -0.506 e. The van der Waals surface area contributed by atoms with Gasteiger partial charge in [-0.15, -0.1) is 0 Å². The van der Waals surface area contributed by atoms with Crippen molar-refractivity contribution in [3.63, 3.8) is 0 Å². The van der Waals surface area contributed by atoms with Crippen LogP contribution in [0.3, 0.4) is 0 Å². The number of nitrogens with one attached hydrogen (secondary N) is 1. The Bertz CT molecular complexity index is 5550. The predicted octanol–water partition coefficient (Wildman–Crippen LogP) is 19.5. The molecule has 3 aliphatic rings. The van der Waals surface area contributed by atoms with Gasteiger partial charge < -0.3 is 90.0 Å². The van der Waals surface area contributed by atoms with Gasteiger partial charge in [0, 0.05) is 174 Å². The molecule has 13 rings (SSSR count). The van der Waals surface area contributed by atoms with Crippen LogP contribution in [-0.2, 0) is 16.1 Å². The minimum atomic E-state index is -0.703. The highest BCUT2D eigenvalue weighted by Gasteiger charge is 2.32. The molecule has 125 heavy (non-hydrogen) atoms. The highest BCUT2D eigenvalue weighted by Crippen LogP contribution is 2.44. The monoisotopic (exact) mass is 1820 g/mol. The van der Waals surface area contributed by atoms with E-state index in [2.05, 4.69) is 20.3 Å². The molecule has 3 aromatic heterocycles. The molecular weight excluding hydrogens is 1730 g/mol. The maximum Gasteiger partial charge on any atom is 0.410 e. The van der Waals surface area contributed by atoms with Gasteiger partial charge in [0.15, 0.2) is 34.7 Å². The van der Waals surface area contributed by atoms with Gasteiger partial charge in [-0.3, -0.25) is 14.4 Å². The predicted molar refractivity (Wildman–Crippen MR) is 485 cm³/mol. The summed E-state index contributed by atoms with van der Waals surface area (Å²) in [6, 6.07) is 39.7. The molecule has 5 amide bonds. The number of phenols is 1. The molecule has 10 aromatic rings. The third kappa shape index (κ3) is 24.0. The highest BCUT2D eigenvalue weighted by atomic mass is 35.5. The van der Waals surface area contributed by atoms with Crippen LogP contribution in [0.5, 0.6) is 40.2 Å². The van der Waals surface area contributed by atoms with Crippen molar-refractivity contribution >= 4 is 117 Å². The van der Waals surface area contributed by atoms with E-state index in [1.165, 1.54) is 18.2 Å². The van der Waals surface area contributed by atoms with Crippen molar-refractivity contribution in [2.45, 2.75) is 105 Å². The summed E-state index contributed by atoms with van der Waals surface area (Å²) in [6.45, 7) is 24.7. The molecule has 0 spiro atoms. The molecule has 26 nitrogen and oxygen atoms in total. The lowest BCUT2D eigenvalue weighted by Gasteiger charge is -2.35. The zero-order chi connectivity index (χ0) is 90.5. The normalized spacial score (nSPS) is 14.2. The van der Waals surface area contributed by atoms with Crippen molar-refractivity contribution in [1.82, 2.24) is 44.8 Å². The molecule has 33 heteroatoms. The number of hydrogen-bond acceptors (Lipinski definition) is 21. The van der Waals surface area contributed by atoms with Crippen molar-refractivity contribution < 1.29 is 71.4 Å².